The second-order valence-electron chi connectivity index (χ2n) is 3.82. The van der Waals surface area contributed by atoms with Crippen LogP contribution in [0, 0.1) is 11.8 Å². The van der Waals surface area contributed by atoms with Crippen molar-refractivity contribution in [2.45, 2.75) is 18.9 Å². The summed E-state index contributed by atoms with van der Waals surface area (Å²) in [6.07, 6.45) is 6.33. The first-order valence-electron chi connectivity index (χ1n) is 4.33. The zero-order valence-corrected chi connectivity index (χ0v) is 6.36. The Balaban J connectivity index is 2.03. The van der Waals surface area contributed by atoms with Gasteiger partial charge in [0, 0.05) is 18.9 Å². The van der Waals surface area contributed by atoms with Crippen molar-refractivity contribution >= 4 is 5.78 Å². The van der Waals surface area contributed by atoms with Crippen LogP contribution >= 0.6 is 0 Å². The summed E-state index contributed by atoms with van der Waals surface area (Å²) in [6.45, 7) is 1.11. The molecule has 2 bridgehead atoms. The van der Waals surface area contributed by atoms with E-state index in [1.54, 1.807) is 0 Å². The van der Waals surface area contributed by atoms with Crippen LogP contribution in [0.5, 0.6) is 0 Å². The number of fused-ring (bicyclic) bond motifs is 5. The number of nitrogens with zero attached hydrogens (tertiary/aromatic N) is 1. The molecule has 3 rings (SSSR count). The van der Waals surface area contributed by atoms with Gasteiger partial charge in [-0.15, -0.1) is 0 Å². The van der Waals surface area contributed by atoms with E-state index >= 15 is 0 Å². The smallest absolute Gasteiger partial charge is 0.155 e. The molecule has 2 nitrogen and oxygen atoms in total. The van der Waals surface area contributed by atoms with Crippen molar-refractivity contribution in [2.24, 2.45) is 11.8 Å². The van der Waals surface area contributed by atoms with Gasteiger partial charge in [-0.25, -0.2) is 0 Å². The lowest BCUT2D eigenvalue weighted by molar-refractivity contribution is -0.120. The molecule has 0 N–H and O–H groups in total. The van der Waals surface area contributed by atoms with Gasteiger partial charge in [-0.3, -0.25) is 4.79 Å². The molecule has 0 spiro atoms. The first kappa shape index (κ1) is 5.81. The largest absolute Gasteiger partial charge is 0.367 e. The van der Waals surface area contributed by atoms with E-state index < -0.39 is 0 Å². The quantitative estimate of drug-likeness (QED) is 0.507. The predicted molar refractivity (Wildman–Crippen MR) is 40.9 cm³/mol. The van der Waals surface area contributed by atoms with E-state index in [9.17, 15) is 4.79 Å². The van der Waals surface area contributed by atoms with E-state index in [1.165, 1.54) is 0 Å². The van der Waals surface area contributed by atoms with Crippen LogP contribution in [0.3, 0.4) is 0 Å². The Morgan fingerprint density at radius 2 is 2.45 bits per heavy atom. The predicted octanol–water partition coefficient (Wildman–Crippen LogP) is 0.793. The van der Waals surface area contributed by atoms with Crippen molar-refractivity contribution in [1.82, 2.24) is 4.90 Å². The van der Waals surface area contributed by atoms with Crippen LogP contribution in [-0.4, -0.2) is 23.3 Å². The summed E-state index contributed by atoms with van der Waals surface area (Å²) >= 11 is 0. The van der Waals surface area contributed by atoms with Gasteiger partial charge in [0.1, 0.15) is 0 Å². The third-order valence-electron chi connectivity index (χ3n) is 3.31. The Bertz CT molecular complexity index is 246. The van der Waals surface area contributed by atoms with Gasteiger partial charge in [-0.1, -0.05) is 6.08 Å². The third kappa shape index (κ3) is 0.561. The average Bonchev–Trinajstić information content (AvgIpc) is 2.60. The molecule has 11 heavy (non-hydrogen) atoms. The zero-order valence-electron chi connectivity index (χ0n) is 6.36. The van der Waals surface area contributed by atoms with Crippen LogP contribution in [-0.2, 0) is 4.79 Å². The highest BCUT2D eigenvalue weighted by Gasteiger charge is 2.49. The van der Waals surface area contributed by atoms with Gasteiger partial charge < -0.3 is 4.90 Å². The van der Waals surface area contributed by atoms with Crippen LogP contribution in [0.4, 0.5) is 0 Å². The molecule has 58 valence electrons. The van der Waals surface area contributed by atoms with E-state index in [-0.39, 0.29) is 6.04 Å². The monoisotopic (exact) mass is 149 g/mol. The summed E-state index contributed by atoms with van der Waals surface area (Å²) in [5.41, 5.74) is 0. The van der Waals surface area contributed by atoms with Crippen LogP contribution in [0.1, 0.15) is 12.8 Å². The summed E-state index contributed by atoms with van der Waals surface area (Å²) in [5.74, 6) is 1.85. The average molecular weight is 149 g/mol. The van der Waals surface area contributed by atoms with E-state index in [2.05, 4.69) is 17.2 Å². The molecule has 2 aliphatic heterocycles. The summed E-state index contributed by atoms with van der Waals surface area (Å²) in [6, 6.07) is 0.282. The molecule has 2 heteroatoms. The van der Waals surface area contributed by atoms with Crippen LogP contribution in [0.25, 0.3) is 0 Å². The first-order chi connectivity index (χ1) is 5.36. The molecule has 0 radical (unpaired) electrons. The van der Waals surface area contributed by atoms with E-state index in [1.807, 2.05) is 0 Å². The molecule has 0 aromatic carbocycles. The molecule has 3 aliphatic rings. The van der Waals surface area contributed by atoms with Crippen molar-refractivity contribution in [2.75, 3.05) is 6.54 Å². The number of hydrogen-bond donors (Lipinski definition) is 0. The lowest BCUT2D eigenvalue weighted by Gasteiger charge is -2.21. The molecule has 1 aliphatic carbocycles. The highest BCUT2D eigenvalue weighted by molar-refractivity contribution is 5.87. The van der Waals surface area contributed by atoms with Crippen LogP contribution in [0.15, 0.2) is 12.3 Å². The summed E-state index contributed by atoms with van der Waals surface area (Å²) in [4.78, 5) is 13.6. The van der Waals surface area contributed by atoms with Gasteiger partial charge in [0.2, 0.25) is 0 Å². The first-order valence-corrected chi connectivity index (χ1v) is 4.33. The number of Topliss-reactive ketones (excluding diaryl/α,β-unsaturated/α-hetero) is 1. The minimum Gasteiger partial charge on any atom is -0.367 e. The number of carbonyl (C=O) groups excluding carboxylic acids is 1. The standard InChI is InChI=1S/C9H11NO/c11-8-2-1-7-6-3-4-10(5-6)9(7)8/h3-4,6-7,9H,1-2,5H2. The molecular formula is C9H11NO. The van der Waals surface area contributed by atoms with Crippen molar-refractivity contribution in [3.8, 4) is 0 Å². The van der Waals surface area contributed by atoms with Crippen LogP contribution < -0.4 is 0 Å². The molecule has 2 fully saturated rings. The molecule has 0 aromatic heterocycles. The van der Waals surface area contributed by atoms with Crippen LogP contribution in [0.2, 0.25) is 0 Å². The minimum absolute atomic E-state index is 0.282. The fraction of sp³-hybridized carbons (Fsp3) is 0.667. The maximum atomic E-state index is 11.4. The molecule has 3 atom stereocenters. The van der Waals surface area contributed by atoms with Crippen molar-refractivity contribution < 1.29 is 4.79 Å². The van der Waals surface area contributed by atoms with Gasteiger partial charge in [0.05, 0.1) is 6.04 Å². The van der Waals surface area contributed by atoms with Gasteiger partial charge in [0.25, 0.3) is 0 Å². The lowest BCUT2D eigenvalue weighted by Crippen LogP contribution is -2.32. The number of ketones is 1. The van der Waals surface area contributed by atoms with Gasteiger partial charge in [-0.05, 0) is 18.5 Å². The van der Waals surface area contributed by atoms with Gasteiger partial charge in [-0.2, -0.15) is 0 Å². The van der Waals surface area contributed by atoms with E-state index in [4.69, 9.17) is 0 Å². The zero-order chi connectivity index (χ0) is 7.42. The summed E-state index contributed by atoms with van der Waals surface area (Å²) in [7, 11) is 0. The van der Waals surface area contributed by atoms with Gasteiger partial charge >= 0.3 is 0 Å². The summed E-state index contributed by atoms with van der Waals surface area (Å²) < 4.78 is 0. The molecular weight excluding hydrogens is 138 g/mol. The Morgan fingerprint density at radius 1 is 1.55 bits per heavy atom. The Morgan fingerprint density at radius 3 is 3.27 bits per heavy atom. The number of carbonyl (C=O) groups is 1. The van der Waals surface area contributed by atoms with E-state index in [0.29, 0.717) is 17.6 Å². The molecule has 2 heterocycles. The highest BCUT2D eigenvalue weighted by Crippen LogP contribution is 2.43. The third-order valence-corrected chi connectivity index (χ3v) is 3.31. The Labute approximate surface area is 65.9 Å². The fourth-order valence-corrected chi connectivity index (χ4v) is 2.80. The maximum absolute atomic E-state index is 11.4. The topological polar surface area (TPSA) is 20.3 Å². The van der Waals surface area contributed by atoms with Crippen molar-refractivity contribution in [3.05, 3.63) is 12.3 Å². The summed E-state index contributed by atoms with van der Waals surface area (Å²) in [5, 5.41) is 0. The van der Waals surface area contributed by atoms with Gasteiger partial charge in [0.15, 0.2) is 5.78 Å². The Kier molecular flexibility index (Phi) is 0.888. The van der Waals surface area contributed by atoms with Crippen molar-refractivity contribution in [1.29, 1.82) is 0 Å². The molecule has 1 saturated carbocycles. The number of hydrogen-bond acceptors (Lipinski definition) is 2. The fourth-order valence-electron chi connectivity index (χ4n) is 2.80. The lowest BCUT2D eigenvalue weighted by atomic mass is 9.92. The van der Waals surface area contributed by atoms with Crippen molar-refractivity contribution in [3.63, 3.8) is 0 Å². The molecule has 0 amide bonds. The maximum Gasteiger partial charge on any atom is 0.155 e. The minimum atomic E-state index is 0.282. The number of rotatable bonds is 0. The second kappa shape index (κ2) is 1.68. The molecule has 1 saturated heterocycles. The Hall–Kier alpha value is -0.790. The molecule has 0 aromatic rings. The normalized spacial score (nSPS) is 45.6. The highest BCUT2D eigenvalue weighted by atomic mass is 16.1. The SMILES string of the molecule is O=C1CCC2C3C=CN(C3)C12. The molecule has 3 unspecified atom stereocenters. The van der Waals surface area contributed by atoms with E-state index in [0.717, 1.165) is 19.4 Å². The second-order valence-corrected chi connectivity index (χ2v) is 3.82.